The number of halogens is 1. The van der Waals surface area contributed by atoms with Crippen molar-refractivity contribution in [3.63, 3.8) is 0 Å². The molecular formula is C28H34FN5O2. The monoisotopic (exact) mass is 491 g/mol. The number of benzene rings is 2. The number of likely N-dealkylation sites (tertiary alicyclic amines) is 1. The van der Waals surface area contributed by atoms with Gasteiger partial charge in [0.2, 0.25) is 5.91 Å². The summed E-state index contributed by atoms with van der Waals surface area (Å²) in [5, 5.41) is 3.18. The van der Waals surface area contributed by atoms with Gasteiger partial charge in [-0.15, -0.1) is 0 Å². The van der Waals surface area contributed by atoms with E-state index in [4.69, 9.17) is 0 Å². The molecule has 1 aromatic heterocycles. The fourth-order valence-electron chi connectivity index (χ4n) is 5.43. The highest BCUT2D eigenvalue weighted by Gasteiger charge is 2.28. The lowest BCUT2D eigenvalue weighted by Gasteiger charge is -2.34. The van der Waals surface area contributed by atoms with Crippen molar-refractivity contribution in [1.29, 1.82) is 0 Å². The summed E-state index contributed by atoms with van der Waals surface area (Å²) in [4.78, 5) is 34.7. The van der Waals surface area contributed by atoms with E-state index in [-0.39, 0.29) is 23.2 Å². The highest BCUT2D eigenvalue weighted by atomic mass is 19.1. The van der Waals surface area contributed by atoms with Gasteiger partial charge in [0, 0.05) is 44.7 Å². The number of nitrogens with zero attached hydrogens (tertiary/aromatic N) is 4. The Bertz CT molecular complexity index is 1280. The molecule has 1 amide bonds. The van der Waals surface area contributed by atoms with Crippen LogP contribution in [0.5, 0.6) is 0 Å². The second-order valence-electron chi connectivity index (χ2n) is 10.1. The molecule has 0 aliphatic carbocycles. The average molecular weight is 492 g/mol. The smallest absolute Gasteiger partial charge is 0.293 e. The topological polar surface area (TPSA) is 70.5 Å². The van der Waals surface area contributed by atoms with E-state index >= 15 is 0 Å². The number of hydrogen-bond acceptors (Lipinski definition) is 5. The number of fused-ring (bicyclic) bond motifs is 1. The summed E-state index contributed by atoms with van der Waals surface area (Å²) in [5.41, 5.74) is 2.26. The van der Waals surface area contributed by atoms with E-state index in [1.54, 1.807) is 17.7 Å². The van der Waals surface area contributed by atoms with E-state index in [0.29, 0.717) is 50.8 Å². The Morgan fingerprint density at radius 1 is 1.00 bits per heavy atom. The van der Waals surface area contributed by atoms with Crippen LogP contribution in [0.3, 0.4) is 0 Å². The Morgan fingerprint density at radius 2 is 1.69 bits per heavy atom. The molecule has 2 aliphatic heterocycles. The molecule has 36 heavy (non-hydrogen) atoms. The summed E-state index contributed by atoms with van der Waals surface area (Å²) in [5.74, 6) is 0.858. The van der Waals surface area contributed by atoms with Crippen molar-refractivity contribution in [3.8, 4) is 0 Å². The first-order valence-corrected chi connectivity index (χ1v) is 12.9. The number of carbonyl (C=O) groups is 1. The normalized spacial score (nSPS) is 18.0. The molecule has 7 nitrogen and oxygen atoms in total. The van der Waals surface area contributed by atoms with Crippen molar-refractivity contribution in [2.45, 2.75) is 32.2 Å². The molecule has 0 atom stereocenters. The maximum atomic E-state index is 13.9. The SMILES string of the molecule is Cn1c(=O)c(N2CCC(C(=O)NCC3CCN(Cc4ccccc4F)CC3)CC2)nc2ccccc21. The van der Waals surface area contributed by atoms with Gasteiger partial charge in [0.15, 0.2) is 5.82 Å². The molecule has 1 N–H and O–H groups in total. The van der Waals surface area contributed by atoms with Crippen LogP contribution in [0.15, 0.2) is 53.3 Å². The number of anilines is 1. The zero-order valence-corrected chi connectivity index (χ0v) is 20.8. The highest BCUT2D eigenvalue weighted by Crippen LogP contribution is 2.23. The van der Waals surface area contributed by atoms with Gasteiger partial charge < -0.3 is 14.8 Å². The fourth-order valence-corrected chi connectivity index (χ4v) is 5.43. The Hall–Kier alpha value is -3.26. The third-order valence-electron chi connectivity index (χ3n) is 7.75. The van der Waals surface area contributed by atoms with Crippen molar-refractivity contribution in [3.05, 3.63) is 70.3 Å². The quantitative estimate of drug-likeness (QED) is 0.573. The lowest BCUT2D eigenvalue weighted by molar-refractivity contribution is -0.125. The maximum Gasteiger partial charge on any atom is 0.293 e. The molecule has 2 fully saturated rings. The minimum absolute atomic E-state index is 0.0355. The van der Waals surface area contributed by atoms with Crippen molar-refractivity contribution < 1.29 is 9.18 Å². The second kappa shape index (κ2) is 10.8. The zero-order chi connectivity index (χ0) is 25.1. The van der Waals surface area contributed by atoms with Gasteiger partial charge in [-0.2, -0.15) is 0 Å². The molecule has 2 aliphatic rings. The minimum atomic E-state index is -0.144. The average Bonchev–Trinajstić information content (AvgIpc) is 2.91. The number of aromatic nitrogens is 2. The molecule has 3 heterocycles. The molecule has 0 unspecified atom stereocenters. The van der Waals surface area contributed by atoms with Gasteiger partial charge in [0.1, 0.15) is 5.82 Å². The van der Waals surface area contributed by atoms with E-state index in [2.05, 4.69) is 15.2 Å². The summed E-state index contributed by atoms with van der Waals surface area (Å²) in [7, 11) is 1.78. The number of aryl methyl sites for hydroxylation is 1. The predicted molar refractivity (Wildman–Crippen MR) is 139 cm³/mol. The summed E-state index contributed by atoms with van der Waals surface area (Å²) in [6.45, 7) is 4.46. The summed E-state index contributed by atoms with van der Waals surface area (Å²) in [6.07, 6.45) is 3.43. The summed E-state index contributed by atoms with van der Waals surface area (Å²) >= 11 is 0. The Morgan fingerprint density at radius 3 is 2.44 bits per heavy atom. The van der Waals surface area contributed by atoms with Gasteiger partial charge in [-0.3, -0.25) is 14.5 Å². The summed E-state index contributed by atoms with van der Waals surface area (Å²) < 4.78 is 15.6. The molecular weight excluding hydrogens is 457 g/mol. The van der Waals surface area contributed by atoms with Crippen LogP contribution in [-0.2, 0) is 18.4 Å². The number of para-hydroxylation sites is 2. The number of carbonyl (C=O) groups excluding carboxylic acids is 1. The lowest BCUT2D eigenvalue weighted by Crippen LogP contribution is -2.44. The van der Waals surface area contributed by atoms with Crippen LogP contribution in [0.25, 0.3) is 11.0 Å². The molecule has 2 saturated heterocycles. The number of nitrogens with one attached hydrogen (secondary N) is 1. The van der Waals surface area contributed by atoms with Crippen LogP contribution in [0, 0.1) is 17.7 Å². The minimum Gasteiger partial charge on any atom is -0.356 e. The third kappa shape index (κ3) is 5.28. The number of rotatable bonds is 6. The molecule has 8 heteroatoms. The Labute approximate surface area is 210 Å². The van der Waals surface area contributed by atoms with Crippen LogP contribution in [0.1, 0.15) is 31.2 Å². The molecule has 2 aromatic carbocycles. The van der Waals surface area contributed by atoms with Crippen LogP contribution >= 0.6 is 0 Å². The second-order valence-corrected chi connectivity index (χ2v) is 10.1. The largest absolute Gasteiger partial charge is 0.356 e. The van der Waals surface area contributed by atoms with E-state index < -0.39 is 0 Å². The van der Waals surface area contributed by atoms with Gasteiger partial charge in [-0.25, -0.2) is 9.37 Å². The number of amides is 1. The molecule has 0 saturated carbocycles. The van der Waals surface area contributed by atoms with Crippen LogP contribution < -0.4 is 15.8 Å². The fraction of sp³-hybridized carbons (Fsp3) is 0.464. The molecule has 190 valence electrons. The van der Waals surface area contributed by atoms with E-state index in [0.717, 1.165) is 42.5 Å². The van der Waals surface area contributed by atoms with E-state index in [1.165, 1.54) is 6.07 Å². The van der Waals surface area contributed by atoms with Gasteiger partial charge in [0.05, 0.1) is 11.0 Å². The van der Waals surface area contributed by atoms with Gasteiger partial charge in [-0.05, 0) is 62.9 Å². The summed E-state index contributed by atoms with van der Waals surface area (Å²) in [6, 6.07) is 14.6. The maximum absolute atomic E-state index is 13.9. The first kappa shape index (κ1) is 24.4. The van der Waals surface area contributed by atoms with Crippen LogP contribution in [0.2, 0.25) is 0 Å². The first-order valence-electron chi connectivity index (χ1n) is 12.9. The zero-order valence-electron chi connectivity index (χ0n) is 20.8. The number of piperidine rings is 2. The molecule has 0 bridgehead atoms. The predicted octanol–water partition coefficient (Wildman–Crippen LogP) is 3.32. The van der Waals surface area contributed by atoms with Gasteiger partial charge in [0.25, 0.3) is 5.56 Å². The van der Waals surface area contributed by atoms with Crippen molar-refractivity contribution >= 4 is 22.8 Å². The molecule has 0 spiro atoms. The highest BCUT2D eigenvalue weighted by molar-refractivity contribution is 5.79. The van der Waals surface area contributed by atoms with Crippen molar-refractivity contribution in [2.24, 2.45) is 18.9 Å². The first-order chi connectivity index (χ1) is 17.5. The van der Waals surface area contributed by atoms with Gasteiger partial charge in [-0.1, -0.05) is 30.3 Å². The third-order valence-corrected chi connectivity index (χ3v) is 7.75. The Kier molecular flexibility index (Phi) is 7.32. The van der Waals surface area contributed by atoms with Crippen LogP contribution in [-0.4, -0.2) is 53.1 Å². The lowest BCUT2D eigenvalue weighted by atomic mass is 9.94. The Balaban J connectivity index is 1.08. The van der Waals surface area contributed by atoms with Crippen molar-refractivity contribution in [2.75, 3.05) is 37.6 Å². The van der Waals surface area contributed by atoms with E-state index in [1.807, 2.05) is 41.3 Å². The number of hydrogen-bond donors (Lipinski definition) is 1. The standard InChI is InChI=1S/C28H34FN5O2/c1-32-25-9-5-4-8-24(25)31-26(28(32)36)34-16-12-21(13-17-34)27(35)30-18-20-10-14-33(15-11-20)19-22-6-2-3-7-23(22)29/h2-9,20-21H,10-19H2,1H3,(H,30,35). The molecule has 5 rings (SSSR count). The molecule has 0 radical (unpaired) electrons. The van der Waals surface area contributed by atoms with Crippen LogP contribution in [0.4, 0.5) is 10.2 Å². The molecule has 3 aromatic rings. The van der Waals surface area contributed by atoms with Crippen molar-refractivity contribution in [1.82, 2.24) is 19.8 Å². The van der Waals surface area contributed by atoms with Gasteiger partial charge >= 0.3 is 0 Å². The van der Waals surface area contributed by atoms with E-state index in [9.17, 15) is 14.0 Å².